The van der Waals surface area contributed by atoms with Gasteiger partial charge in [-0.2, -0.15) is 0 Å². The van der Waals surface area contributed by atoms with E-state index < -0.39 is 11.7 Å². The van der Waals surface area contributed by atoms with Crippen molar-refractivity contribution in [1.82, 2.24) is 10.5 Å². The number of ether oxygens (including phenoxy) is 2. The molecule has 0 aliphatic heterocycles. The first-order valence-corrected chi connectivity index (χ1v) is 8.90. The van der Waals surface area contributed by atoms with Crippen LogP contribution in [0.4, 0.5) is 4.79 Å². The van der Waals surface area contributed by atoms with E-state index in [9.17, 15) is 4.79 Å². The Morgan fingerprint density at radius 2 is 1.92 bits per heavy atom. The summed E-state index contributed by atoms with van der Waals surface area (Å²) in [4.78, 5) is 11.6. The third-order valence-electron chi connectivity index (χ3n) is 3.41. The average molecular weight is 360 g/mol. The van der Waals surface area contributed by atoms with Gasteiger partial charge in [-0.25, -0.2) is 4.79 Å². The van der Waals surface area contributed by atoms with E-state index in [1.807, 2.05) is 51.1 Å². The molecule has 0 spiro atoms. The predicted molar refractivity (Wildman–Crippen MR) is 100 cm³/mol. The monoisotopic (exact) mass is 360 g/mol. The van der Waals surface area contributed by atoms with Crippen molar-refractivity contribution in [3.05, 3.63) is 35.9 Å². The van der Waals surface area contributed by atoms with Gasteiger partial charge in [-0.1, -0.05) is 44.2 Å². The molecule has 0 saturated heterocycles. The van der Waals surface area contributed by atoms with Crippen molar-refractivity contribution in [3.8, 4) is 17.2 Å². The summed E-state index contributed by atoms with van der Waals surface area (Å²) in [6.07, 6.45) is 0.330. The Morgan fingerprint density at radius 3 is 2.54 bits per heavy atom. The van der Waals surface area contributed by atoms with Crippen molar-refractivity contribution in [1.29, 1.82) is 0 Å². The highest BCUT2D eigenvalue weighted by molar-refractivity contribution is 5.67. The molecule has 26 heavy (non-hydrogen) atoms. The van der Waals surface area contributed by atoms with Crippen LogP contribution in [-0.4, -0.2) is 30.0 Å². The Kier molecular flexibility index (Phi) is 6.66. The number of amides is 1. The molecule has 142 valence electrons. The van der Waals surface area contributed by atoms with E-state index in [-0.39, 0.29) is 6.61 Å². The van der Waals surface area contributed by atoms with Gasteiger partial charge >= 0.3 is 6.09 Å². The maximum absolute atomic E-state index is 11.6. The third kappa shape index (κ3) is 6.10. The molecule has 0 bridgehead atoms. The van der Waals surface area contributed by atoms with Crippen molar-refractivity contribution in [2.75, 3.05) is 13.2 Å². The van der Waals surface area contributed by atoms with Crippen LogP contribution in [0.3, 0.4) is 0 Å². The quantitative estimate of drug-likeness (QED) is 0.739. The molecule has 0 atom stereocenters. The standard InChI is InChI=1S/C20H28N2O4/c1-14(2)13-16-17(15-9-7-6-8-10-15)26-22-18(16)24-12-11-21-19(23)25-20(3,4)5/h6-10,14H,11-13H2,1-5H3,(H,21,23). The van der Waals surface area contributed by atoms with E-state index in [4.69, 9.17) is 14.0 Å². The minimum atomic E-state index is -0.522. The second kappa shape index (κ2) is 8.74. The first-order valence-electron chi connectivity index (χ1n) is 8.90. The lowest BCUT2D eigenvalue weighted by atomic mass is 10.0. The zero-order valence-electron chi connectivity index (χ0n) is 16.2. The SMILES string of the molecule is CC(C)Cc1c(OCCNC(=O)OC(C)(C)C)noc1-c1ccccc1. The number of hydrogen-bond acceptors (Lipinski definition) is 5. The Labute approximate surface area is 154 Å². The molecule has 0 saturated carbocycles. The highest BCUT2D eigenvalue weighted by Crippen LogP contribution is 2.32. The summed E-state index contributed by atoms with van der Waals surface area (Å²) in [6, 6.07) is 9.85. The lowest BCUT2D eigenvalue weighted by molar-refractivity contribution is 0.0519. The summed E-state index contributed by atoms with van der Waals surface area (Å²) in [5.41, 5.74) is 1.40. The normalized spacial score (nSPS) is 11.5. The van der Waals surface area contributed by atoms with E-state index in [1.54, 1.807) is 0 Å². The van der Waals surface area contributed by atoms with Crippen molar-refractivity contribution >= 4 is 6.09 Å². The van der Waals surface area contributed by atoms with Crippen molar-refractivity contribution in [2.24, 2.45) is 5.92 Å². The van der Waals surface area contributed by atoms with Crippen LogP contribution in [0, 0.1) is 5.92 Å². The highest BCUT2D eigenvalue weighted by Gasteiger charge is 2.20. The van der Waals surface area contributed by atoms with Gasteiger partial charge in [0.2, 0.25) is 0 Å². The molecule has 2 rings (SSSR count). The van der Waals surface area contributed by atoms with Gasteiger partial charge in [0.25, 0.3) is 5.88 Å². The minimum absolute atomic E-state index is 0.283. The molecular formula is C20H28N2O4. The van der Waals surface area contributed by atoms with Gasteiger partial charge in [-0.3, -0.25) is 0 Å². The van der Waals surface area contributed by atoms with Crippen LogP contribution >= 0.6 is 0 Å². The molecule has 6 nitrogen and oxygen atoms in total. The van der Waals surface area contributed by atoms with Gasteiger partial charge in [-0.15, -0.1) is 0 Å². The number of aromatic nitrogens is 1. The Hall–Kier alpha value is -2.50. The van der Waals surface area contributed by atoms with Gasteiger partial charge in [-0.05, 0) is 38.3 Å². The van der Waals surface area contributed by atoms with Crippen LogP contribution < -0.4 is 10.1 Å². The fourth-order valence-corrected chi connectivity index (χ4v) is 2.43. The Balaban J connectivity index is 1.99. The molecule has 1 amide bonds. The molecule has 2 aromatic rings. The zero-order valence-corrected chi connectivity index (χ0v) is 16.2. The number of alkyl carbamates (subject to hydrolysis) is 1. The van der Waals surface area contributed by atoms with Crippen molar-refractivity contribution in [3.63, 3.8) is 0 Å². The Bertz CT molecular complexity index is 702. The number of carbonyl (C=O) groups excluding carboxylic acids is 1. The molecule has 0 aliphatic rings. The maximum atomic E-state index is 11.6. The second-order valence-corrected chi connectivity index (χ2v) is 7.54. The van der Waals surface area contributed by atoms with Crippen LogP contribution in [0.25, 0.3) is 11.3 Å². The molecule has 0 fully saturated rings. The number of hydrogen-bond donors (Lipinski definition) is 1. The molecular weight excluding hydrogens is 332 g/mol. The number of rotatable bonds is 7. The summed E-state index contributed by atoms with van der Waals surface area (Å²) in [7, 11) is 0. The maximum Gasteiger partial charge on any atom is 0.407 e. The number of nitrogens with one attached hydrogen (secondary N) is 1. The van der Waals surface area contributed by atoms with E-state index in [0.717, 1.165) is 23.3 Å². The van der Waals surface area contributed by atoms with Gasteiger partial charge in [0.15, 0.2) is 5.76 Å². The molecule has 0 aliphatic carbocycles. The molecule has 1 aromatic carbocycles. The topological polar surface area (TPSA) is 73.6 Å². The highest BCUT2D eigenvalue weighted by atomic mass is 16.6. The fraction of sp³-hybridized carbons (Fsp3) is 0.500. The van der Waals surface area contributed by atoms with E-state index >= 15 is 0 Å². The molecule has 0 radical (unpaired) electrons. The zero-order chi connectivity index (χ0) is 19.2. The van der Waals surface area contributed by atoms with Crippen LogP contribution in [0.5, 0.6) is 5.88 Å². The molecule has 6 heteroatoms. The van der Waals surface area contributed by atoms with E-state index in [0.29, 0.717) is 18.3 Å². The largest absolute Gasteiger partial charge is 0.473 e. The molecule has 1 heterocycles. The summed E-state index contributed by atoms with van der Waals surface area (Å²) in [5, 5.41) is 6.74. The Morgan fingerprint density at radius 1 is 1.23 bits per heavy atom. The van der Waals surface area contributed by atoms with E-state index in [2.05, 4.69) is 24.3 Å². The van der Waals surface area contributed by atoms with E-state index in [1.165, 1.54) is 0 Å². The van der Waals surface area contributed by atoms with Gasteiger partial charge in [0.05, 0.1) is 12.1 Å². The number of benzene rings is 1. The lowest BCUT2D eigenvalue weighted by Gasteiger charge is -2.19. The molecule has 0 unspecified atom stereocenters. The first-order chi connectivity index (χ1) is 12.3. The third-order valence-corrected chi connectivity index (χ3v) is 3.41. The lowest BCUT2D eigenvalue weighted by Crippen LogP contribution is -2.34. The van der Waals surface area contributed by atoms with Crippen LogP contribution in [0.2, 0.25) is 0 Å². The fourth-order valence-electron chi connectivity index (χ4n) is 2.43. The van der Waals surface area contributed by atoms with Crippen molar-refractivity contribution < 1.29 is 18.8 Å². The first kappa shape index (κ1) is 19.8. The van der Waals surface area contributed by atoms with Crippen LogP contribution in [-0.2, 0) is 11.2 Å². The summed E-state index contributed by atoms with van der Waals surface area (Å²) in [6.45, 7) is 10.3. The number of carbonyl (C=O) groups is 1. The summed E-state index contributed by atoms with van der Waals surface area (Å²) in [5.74, 6) is 1.64. The number of nitrogens with zero attached hydrogens (tertiary/aromatic N) is 1. The van der Waals surface area contributed by atoms with Gasteiger partial charge in [0, 0.05) is 5.56 Å². The molecule has 1 N–H and O–H groups in total. The van der Waals surface area contributed by atoms with Gasteiger partial charge in [0.1, 0.15) is 12.2 Å². The minimum Gasteiger partial charge on any atom is -0.473 e. The average Bonchev–Trinajstić information content (AvgIpc) is 2.93. The second-order valence-electron chi connectivity index (χ2n) is 7.54. The summed E-state index contributed by atoms with van der Waals surface area (Å²) < 4.78 is 16.5. The summed E-state index contributed by atoms with van der Waals surface area (Å²) >= 11 is 0. The van der Waals surface area contributed by atoms with Crippen LogP contribution in [0.15, 0.2) is 34.9 Å². The van der Waals surface area contributed by atoms with Crippen molar-refractivity contribution in [2.45, 2.75) is 46.6 Å². The van der Waals surface area contributed by atoms with Crippen LogP contribution in [0.1, 0.15) is 40.2 Å². The smallest absolute Gasteiger partial charge is 0.407 e. The molecule has 1 aromatic heterocycles. The van der Waals surface area contributed by atoms with Gasteiger partial charge < -0.3 is 19.3 Å². The predicted octanol–water partition coefficient (Wildman–Crippen LogP) is 4.44.